The Morgan fingerprint density at radius 2 is 1.71 bits per heavy atom. The number of nitrogens with zero attached hydrogens (tertiary/aromatic N) is 2. The van der Waals surface area contributed by atoms with E-state index < -0.39 is 74.9 Å². The van der Waals surface area contributed by atoms with Gasteiger partial charge in [-0.3, -0.25) is 23.7 Å². The lowest BCUT2D eigenvalue weighted by Gasteiger charge is -2.45. The number of esters is 4. The molecule has 0 amide bonds. The Morgan fingerprint density at radius 3 is 2.20 bits per heavy atom. The van der Waals surface area contributed by atoms with Gasteiger partial charge in [-0.2, -0.15) is 0 Å². The molecule has 1 aliphatic rings. The molecular formula is C19H25N2O13P. The van der Waals surface area contributed by atoms with Crippen molar-refractivity contribution in [1.82, 2.24) is 9.32 Å². The predicted molar refractivity (Wildman–Crippen MR) is 110 cm³/mol. The third-order valence-electron chi connectivity index (χ3n) is 4.56. The van der Waals surface area contributed by atoms with Gasteiger partial charge in [0.05, 0.1) is 5.92 Å². The van der Waals surface area contributed by atoms with Crippen LogP contribution in [-0.4, -0.2) is 81.7 Å². The van der Waals surface area contributed by atoms with Crippen LogP contribution in [-0.2, 0) is 56.7 Å². The van der Waals surface area contributed by atoms with Crippen molar-refractivity contribution in [2.24, 2.45) is 5.92 Å². The molecule has 35 heavy (non-hydrogen) atoms. The SMILES string of the molecule is CC(=O)OC[C@@H](OC(C)=O)C1O[C@@H](OP(=O)(O)n2ccnc2)C(OC(C)=O)C(C=O)[C@@H]1OC(C)=O. The van der Waals surface area contributed by atoms with Crippen molar-refractivity contribution in [1.29, 1.82) is 0 Å². The van der Waals surface area contributed by atoms with Gasteiger partial charge in [-0.1, -0.05) is 0 Å². The summed E-state index contributed by atoms with van der Waals surface area (Å²) < 4.78 is 44.8. The molecule has 0 radical (unpaired) electrons. The Balaban J connectivity index is 2.54. The van der Waals surface area contributed by atoms with Crippen LogP contribution in [0.1, 0.15) is 27.7 Å². The van der Waals surface area contributed by atoms with Gasteiger partial charge in [0.15, 0.2) is 12.2 Å². The second-order valence-corrected chi connectivity index (χ2v) is 8.97. The van der Waals surface area contributed by atoms with Crippen molar-refractivity contribution in [2.45, 2.75) is 58.4 Å². The third kappa shape index (κ3) is 7.68. The Hall–Kier alpha value is -3.13. The van der Waals surface area contributed by atoms with Crippen LogP contribution >= 0.6 is 7.75 Å². The highest BCUT2D eigenvalue weighted by atomic mass is 31.2. The van der Waals surface area contributed by atoms with E-state index in [9.17, 15) is 33.4 Å². The fourth-order valence-corrected chi connectivity index (χ4v) is 4.27. The molecular weight excluding hydrogens is 495 g/mol. The molecule has 1 aliphatic heterocycles. The zero-order chi connectivity index (χ0) is 26.3. The number of carbonyl (C=O) groups excluding carboxylic acids is 5. The molecule has 1 aromatic heterocycles. The first-order valence-corrected chi connectivity index (χ1v) is 11.6. The summed E-state index contributed by atoms with van der Waals surface area (Å²) in [6, 6.07) is 0. The van der Waals surface area contributed by atoms with Crippen LogP contribution < -0.4 is 0 Å². The van der Waals surface area contributed by atoms with Crippen LogP contribution in [0.5, 0.6) is 0 Å². The number of carbonyl (C=O) groups is 5. The summed E-state index contributed by atoms with van der Waals surface area (Å²) in [5, 5.41) is 0. The Kier molecular flexibility index (Phi) is 9.65. The summed E-state index contributed by atoms with van der Waals surface area (Å²) in [4.78, 5) is 72.8. The average molecular weight is 520 g/mol. The first-order chi connectivity index (χ1) is 16.4. The monoisotopic (exact) mass is 520 g/mol. The predicted octanol–water partition coefficient (Wildman–Crippen LogP) is -0.254. The molecule has 1 saturated heterocycles. The minimum Gasteiger partial charge on any atom is -0.462 e. The fraction of sp³-hybridized carbons (Fsp3) is 0.579. The molecule has 0 saturated carbocycles. The van der Waals surface area contributed by atoms with Gasteiger partial charge >= 0.3 is 31.6 Å². The van der Waals surface area contributed by atoms with E-state index in [-0.39, 0.29) is 6.29 Å². The van der Waals surface area contributed by atoms with Crippen molar-refractivity contribution in [3.8, 4) is 0 Å². The summed E-state index contributed by atoms with van der Waals surface area (Å²) in [6.07, 6.45) is -4.58. The van der Waals surface area contributed by atoms with Crippen molar-refractivity contribution in [3.63, 3.8) is 0 Å². The van der Waals surface area contributed by atoms with E-state index in [0.717, 1.165) is 40.2 Å². The lowest BCUT2D eigenvalue weighted by atomic mass is 9.87. The lowest BCUT2D eigenvalue weighted by molar-refractivity contribution is -0.282. The van der Waals surface area contributed by atoms with Crippen LogP contribution in [0.15, 0.2) is 18.7 Å². The smallest absolute Gasteiger partial charge is 0.439 e. The van der Waals surface area contributed by atoms with E-state index in [1.165, 1.54) is 6.20 Å². The molecule has 7 atom stereocenters. The maximum Gasteiger partial charge on any atom is 0.439 e. The largest absolute Gasteiger partial charge is 0.462 e. The molecule has 194 valence electrons. The van der Waals surface area contributed by atoms with Crippen molar-refractivity contribution >= 4 is 37.9 Å². The normalized spacial score (nSPS) is 26.5. The minimum absolute atomic E-state index is 0.267. The number of hydrogen-bond donors (Lipinski definition) is 1. The second-order valence-electron chi connectivity index (χ2n) is 7.32. The molecule has 1 fully saturated rings. The number of imidazole rings is 1. The fourth-order valence-electron chi connectivity index (χ4n) is 3.30. The molecule has 0 bridgehead atoms. The van der Waals surface area contributed by atoms with E-state index in [0.29, 0.717) is 4.34 Å². The quantitative estimate of drug-likeness (QED) is 0.183. The van der Waals surface area contributed by atoms with Gasteiger partial charge in [0.1, 0.15) is 31.4 Å². The average Bonchev–Trinajstić information content (AvgIpc) is 3.28. The van der Waals surface area contributed by atoms with Gasteiger partial charge < -0.3 is 33.4 Å². The molecule has 2 heterocycles. The molecule has 0 aliphatic carbocycles. The molecule has 1 N–H and O–H groups in total. The van der Waals surface area contributed by atoms with Crippen LogP contribution in [0.4, 0.5) is 0 Å². The van der Waals surface area contributed by atoms with Crippen LogP contribution in [0.25, 0.3) is 0 Å². The highest BCUT2D eigenvalue weighted by Crippen LogP contribution is 2.47. The highest BCUT2D eigenvalue weighted by Gasteiger charge is 2.55. The van der Waals surface area contributed by atoms with Crippen molar-refractivity contribution in [3.05, 3.63) is 18.7 Å². The van der Waals surface area contributed by atoms with E-state index in [1.807, 2.05) is 0 Å². The molecule has 4 unspecified atom stereocenters. The topological polar surface area (TPSA) is 196 Å². The lowest BCUT2D eigenvalue weighted by Crippen LogP contribution is -2.62. The van der Waals surface area contributed by atoms with Gasteiger partial charge in [0.25, 0.3) is 0 Å². The van der Waals surface area contributed by atoms with Gasteiger partial charge in [0, 0.05) is 40.1 Å². The summed E-state index contributed by atoms with van der Waals surface area (Å²) in [7, 11) is -4.72. The van der Waals surface area contributed by atoms with E-state index >= 15 is 0 Å². The molecule has 0 spiro atoms. The van der Waals surface area contributed by atoms with Gasteiger partial charge in [0.2, 0.25) is 6.29 Å². The number of ether oxygens (including phenoxy) is 5. The van der Waals surface area contributed by atoms with Crippen LogP contribution in [0, 0.1) is 5.92 Å². The standard InChI is InChI=1S/C19H25N2O13P/c1-10(23)29-8-15(30-11(2)24)18-16(31-12(3)25)14(7-22)17(32-13(4)26)19(33-18)34-35(27,28)21-6-5-20-9-21/h5-7,9,14-19H,8H2,1-4H3,(H,27,28)/t14?,15-,16+,17?,18?,19+/m1/s1. The molecule has 1 aromatic rings. The summed E-state index contributed by atoms with van der Waals surface area (Å²) >= 11 is 0. The first kappa shape index (κ1) is 28.1. The summed E-state index contributed by atoms with van der Waals surface area (Å²) in [6.45, 7) is 3.56. The molecule has 2 rings (SSSR count). The molecule has 16 heteroatoms. The Morgan fingerprint density at radius 1 is 1.09 bits per heavy atom. The first-order valence-electron chi connectivity index (χ1n) is 10.1. The number of aldehydes is 1. The third-order valence-corrected chi connectivity index (χ3v) is 5.86. The molecule has 15 nitrogen and oxygen atoms in total. The zero-order valence-corrected chi connectivity index (χ0v) is 20.1. The number of aromatic nitrogens is 2. The Bertz CT molecular complexity index is 981. The Labute approximate surface area is 199 Å². The van der Waals surface area contributed by atoms with Gasteiger partial charge in [-0.25, -0.2) is 13.9 Å². The van der Waals surface area contributed by atoms with Gasteiger partial charge in [-0.05, 0) is 0 Å². The van der Waals surface area contributed by atoms with Crippen LogP contribution in [0.2, 0.25) is 0 Å². The maximum absolute atomic E-state index is 12.8. The minimum atomic E-state index is -4.72. The summed E-state index contributed by atoms with van der Waals surface area (Å²) in [5.41, 5.74) is 0. The van der Waals surface area contributed by atoms with E-state index in [4.69, 9.17) is 28.2 Å². The number of rotatable bonds is 10. The second kappa shape index (κ2) is 12.0. The van der Waals surface area contributed by atoms with E-state index in [1.54, 1.807) is 0 Å². The highest BCUT2D eigenvalue weighted by molar-refractivity contribution is 7.51. The zero-order valence-electron chi connectivity index (χ0n) is 19.2. The van der Waals surface area contributed by atoms with Crippen molar-refractivity contribution in [2.75, 3.05) is 6.61 Å². The van der Waals surface area contributed by atoms with Gasteiger partial charge in [-0.15, -0.1) is 0 Å². The van der Waals surface area contributed by atoms with E-state index in [2.05, 4.69) is 4.98 Å². The molecule has 0 aromatic carbocycles. The van der Waals surface area contributed by atoms with Crippen LogP contribution in [0.3, 0.4) is 0 Å². The number of hydrogen-bond acceptors (Lipinski definition) is 13. The summed E-state index contributed by atoms with van der Waals surface area (Å²) in [5.74, 6) is -4.90. The maximum atomic E-state index is 12.8. The van der Waals surface area contributed by atoms with Crippen molar-refractivity contribution < 1.29 is 61.6 Å².